The first-order valence-corrected chi connectivity index (χ1v) is 11.1. The van der Waals surface area contributed by atoms with Crippen molar-refractivity contribution in [1.29, 1.82) is 0 Å². The molecule has 0 saturated carbocycles. The molecule has 1 aliphatic rings. The zero-order chi connectivity index (χ0) is 26.0. The second kappa shape index (κ2) is 12.7. The van der Waals surface area contributed by atoms with Crippen LogP contribution in [0.15, 0.2) is 48.5 Å². The molecule has 188 valence electrons. The van der Waals surface area contributed by atoms with Gasteiger partial charge >= 0.3 is 12.1 Å². The molecule has 0 aliphatic carbocycles. The highest BCUT2D eigenvalue weighted by Crippen LogP contribution is 2.39. The lowest BCUT2D eigenvalue weighted by Gasteiger charge is -2.40. The van der Waals surface area contributed by atoms with Crippen molar-refractivity contribution in [2.24, 2.45) is 5.73 Å². The van der Waals surface area contributed by atoms with E-state index in [1.165, 1.54) is 5.56 Å². The summed E-state index contributed by atoms with van der Waals surface area (Å²) in [6.45, 7) is 5.00. The molecule has 5 N–H and O–H groups in total. The van der Waals surface area contributed by atoms with Gasteiger partial charge in [0.1, 0.15) is 0 Å². The standard InChI is InChI=1S/C23H28N4O.C2HF3O2/c1-3-23(28)27-17(2)16-21(20-8-4-5-9-22(20)27)26-19-12-10-18(11-13-19)25-15-7-6-14-24;3-2(4,5)1(6)7/h4-5,8-13,17,21,25-26H,3,14-16,24H2,1-2H3;(H,6,7)/t17-,21+;/m0./s1. The van der Waals surface area contributed by atoms with Gasteiger partial charge in [-0.15, -0.1) is 0 Å². The van der Waals surface area contributed by atoms with Crippen molar-refractivity contribution in [3.05, 3.63) is 54.1 Å². The molecule has 0 radical (unpaired) electrons. The second-order valence-corrected chi connectivity index (χ2v) is 7.75. The summed E-state index contributed by atoms with van der Waals surface area (Å²) in [5.74, 6) is 3.22. The zero-order valence-corrected chi connectivity index (χ0v) is 19.5. The average molecular weight is 491 g/mol. The normalized spacial score (nSPS) is 16.6. The van der Waals surface area contributed by atoms with Crippen LogP contribution in [0.1, 0.15) is 38.3 Å². The second-order valence-electron chi connectivity index (χ2n) is 7.75. The Kier molecular flexibility index (Phi) is 9.97. The number of hydrogen-bond donors (Lipinski definition) is 4. The van der Waals surface area contributed by atoms with E-state index in [1.54, 1.807) is 0 Å². The predicted molar refractivity (Wildman–Crippen MR) is 130 cm³/mol. The molecule has 0 bridgehead atoms. The van der Waals surface area contributed by atoms with Crippen LogP contribution in [-0.4, -0.2) is 42.3 Å². The van der Waals surface area contributed by atoms with Crippen molar-refractivity contribution in [1.82, 2.24) is 0 Å². The number of carboxylic acids is 1. The third-order valence-corrected chi connectivity index (χ3v) is 5.24. The minimum Gasteiger partial charge on any atom is -0.475 e. The number of carbonyl (C=O) groups excluding carboxylic acids is 1. The molecule has 0 unspecified atom stereocenters. The van der Waals surface area contributed by atoms with Crippen LogP contribution in [-0.2, 0) is 9.59 Å². The van der Waals surface area contributed by atoms with E-state index in [2.05, 4.69) is 47.6 Å². The number of hydrogen-bond acceptors (Lipinski definition) is 5. The van der Waals surface area contributed by atoms with Crippen molar-refractivity contribution in [2.45, 2.75) is 44.9 Å². The summed E-state index contributed by atoms with van der Waals surface area (Å²) in [6.07, 6.45) is -3.70. The first-order chi connectivity index (χ1) is 16.6. The number of carbonyl (C=O) groups is 2. The number of carboxylic acid groups (broad SMARTS) is 1. The highest BCUT2D eigenvalue weighted by molar-refractivity contribution is 5.95. The van der Waals surface area contributed by atoms with Crippen molar-refractivity contribution >= 4 is 28.9 Å². The number of nitrogens with zero attached hydrogens (tertiary/aromatic N) is 1. The molecule has 1 amide bonds. The summed E-state index contributed by atoms with van der Waals surface area (Å²) < 4.78 is 31.7. The summed E-state index contributed by atoms with van der Waals surface area (Å²) in [7, 11) is 0. The Labute approximate surface area is 202 Å². The maximum atomic E-state index is 12.5. The highest BCUT2D eigenvalue weighted by Gasteiger charge is 2.38. The number of aliphatic carboxylic acids is 1. The predicted octanol–water partition coefficient (Wildman–Crippen LogP) is 4.38. The van der Waals surface area contributed by atoms with Crippen LogP contribution < -0.4 is 21.3 Å². The number of nitrogens with one attached hydrogen (secondary N) is 2. The Morgan fingerprint density at radius 1 is 1.11 bits per heavy atom. The molecule has 1 aliphatic heterocycles. The van der Waals surface area contributed by atoms with Crippen LogP contribution in [0.4, 0.5) is 30.2 Å². The van der Waals surface area contributed by atoms with Gasteiger partial charge in [0.15, 0.2) is 0 Å². The summed E-state index contributed by atoms with van der Waals surface area (Å²) in [5.41, 5.74) is 9.62. The van der Waals surface area contributed by atoms with E-state index in [4.69, 9.17) is 15.6 Å². The highest BCUT2D eigenvalue weighted by atomic mass is 19.4. The molecular weight excluding hydrogens is 461 g/mol. The molecule has 3 rings (SSSR count). The van der Waals surface area contributed by atoms with Gasteiger partial charge in [-0.2, -0.15) is 13.2 Å². The fourth-order valence-electron chi connectivity index (χ4n) is 3.67. The zero-order valence-electron chi connectivity index (χ0n) is 19.5. The molecule has 2 atom stereocenters. The maximum absolute atomic E-state index is 12.5. The lowest BCUT2D eigenvalue weighted by molar-refractivity contribution is -0.192. The van der Waals surface area contributed by atoms with E-state index in [0.717, 1.165) is 23.5 Å². The molecule has 0 aromatic heterocycles. The molecule has 0 spiro atoms. The Balaban J connectivity index is 0.000000540. The first-order valence-electron chi connectivity index (χ1n) is 11.1. The van der Waals surface area contributed by atoms with Crippen LogP contribution in [0.5, 0.6) is 0 Å². The van der Waals surface area contributed by atoms with Crippen molar-refractivity contribution in [3.63, 3.8) is 0 Å². The van der Waals surface area contributed by atoms with Crippen LogP contribution in [0.2, 0.25) is 0 Å². The number of fused-ring (bicyclic) bond motifs is 1. The van der Waals surface area contributed by atoms with Crippen LogP contribution in [0.25, 0.3) is 0 Å². The quantitative estimate of drug-likeness (QED) is 0.464. The molecule has 7 nitrogen and oxygen atoms in total. The monoisotopic (exact) mass is 490 g/mol. The van der Waals surface area contributed by atoms with E-state index in [9.17, 15) is 18.0 Å². The number of alkyl halides is 3. The maximum Gasteiger partial charge on any atom is 0.490 e. The minimum absolute atomic E-state index is 0.155. The topological polar surface area (TPSA) is 108 Å². The van der Waals surface area contributed by atoms with Gasteiger partial charge < -0.3 is 26.4 Å². The molecule has 0 fully saturated rings. The van der Waals surface area contributed by atoms with Crippen molar-refractivity contribution < 1.29 is 27.9 Å². The van der Waals surface area contributed by atoms with Gasteiger partial charge in [-0.3, -0.25) is 4.79 Å². The number of amides is 1. The van der Waals surface area contributed by atoms with Gasteiger partial charge in [-0.05, 0) is 49.2 Å². The number of para-hydroxylation sites is 1. The fraction of sp³-hybridized carbons (Fsp3) is 0.360. The molecule has 1 heterocycles. The average Bonchev–Trinajstić information content (AvgIpc) is 2.82. The smallest absolute Gasteiger partial charge is 0.475 e. The Morgan fingerprint density at radius 2 is 1.71 bits per heavy atom. The molecule has 10 heteroatoms. The molecule has 0 saturated heterocycles. The summed E-state index contributed by atoms with van der Waals surface area (Å²) >= 11 is 0. The van der Waals surface area contributed by atoms with E-state index < -0.39 is 12.1 Å². The number of benzene rings is 2. The number of nitrogens with two attached hydrogens (primary N) is 1. The van der Waals surface area contributed by atoms with Crippen LogP contribution in [0, 0.1) is 11.8 Å². The van der Waals surface area contributed by atoms with Gasteiger partial charge in [-0.25, -0.2) is 4.79 Å². The third-order valence-electron chi connectivity index (χ3n) is 5.24. The Hall–Kier alpha value is -3.71. The van der Waals surface area contributed by atoms with Gasteiger partial charge in [0.2, 0.25) is 5.91 Å². The third kappa shape index (κ3) is 7.93. The van der Waals surface area contributed by atoms with Crippen molar-refractivity contribution in [3.8, 4) is 11.8 Å². The van der Waals surface area contributed by atoms with E-state index in [1.807, 2.05) is 42.2 Å². The van der Waals surface area contributed by atoms with Gasteiger partial charge in [0.05, 0.1) is 19.1 Å². The van der Waals surface area contributed by atoms with Gasteiger partial charge in [0, 0.05) is 29.5 Å². The Bertz CT molecular complexity index is 1060. The van der Waals surface area contributed by atoms with Crippen LogP contribution in [0.3, 0.4) is 0 Å². The molecule has 2 aromatic carbocycles. The molecule has 35 heavy (non-hydrogen) atoms. The summed E-state index contributed by atoms with van der Waals surface area (Å²) in [5, 5.41) is 14.0. The minimum atomic E-state index is -5.08. The van der Waals surface area contributed by atoms with E-state index >= 15 is 0 Å². The summed E-state index contributed by atoms with van der Waals surface area (Å²) in [4.78, 5) is 23.3. The fourth-order valence-corrected chi connectivity index (χ4v) is 3.67. The molecular formula is C25H29F3N4O3. The van der Waals surface area contributed by atoms with Crippen molar-refractivity contribution in [2.75, 3.05) is 28.6 Å². The Morgan fingerprint density at radius 3 is 2.29 bits per heavy atom. The van der Waals surface area contributed by atoms with E-state index in [-0.39, 0.29) is 18.0 Å². The molecule has 2 aromatic rings. The number of halogens is 3. The number of rotatable bonds is 5. The SMILES string of the molecule is CCC(=O)N1c2ccccc2[C@H](Nc2ccc(NCC#CCN)cc2)C[C@@H]1C.O=C(O)C(F)(F)F. The largest absolute Gasteiger partial charge is 0.490 e. The first kappa shape index (κ1) is 27.5. The summed E-state index contributed by atoms with van der Waals surface area (Å²) in [6, 6.07) is 16.7. The van der Waals surface area contributed by atoms with E-state index in [0.29, 0.717) is 19.5 Å². The lowest BCUT2D eigenvalue weighted by atomic mass is 9.91. The van der Waals surface area contributed by atoms with Crippen LogP contribution >= 0.6 is 0 Å². The van der Waals surface area contributed by atoms with Gasteiger partial charge in [0.25, 0.3) is 0 Å². The lowest BCUT2D eigenvalue weighted by Crippen LogP contribution is -2.44. The number of anilines is 3. The van der Waals surface area contributed by atoms with Gasteiger partial charge in [-0.1, -0.05) is 37.0 Å².